The van der Waals surface area contributed by atoms with Crippen molar-refractivity contribution in [2.75, 3.05) is 0 Å². The van der Waals surface area contributed by atoms with Gasteiger partial charge in [-0.2, -0.15) is 0 Å². The van der Waals surface area contributed by atoms with E-state index in [-0.39, 0.29) is 0 Å². The zero-order chi connectivity index (χ0) is 21.7. The first-order chi connectivity index (χ1) is 15.6. The Labute approximate surface area is 195 Å². The molecule has 0 spiro atoms. The fraction of sp³-hybridized carbons (Fsp3) is 0.0667. The van der Waals surface area contributed by atoms with E-state index >= 15 is 0 Å². The summed E-state index contributed by atoms with van der Waals surface area (Å²) in [6, 6.07) is 30.7. The fourth-order valence-corrected chi connectivity index (χ4v) is 6.77. The number of fused-ring (bicyclic) bond motifs is 5. The molecule has 152 valence electrons. The van der Waals surface area contributed by atoms with E-state index in [1.54, 1.807) is 0 Å². The van der Waals surface area contributed by atoms with E-state index in [2.05, 4.69) is 111 Å². The summed E-state index contributed by atoms with van der Waals surface area (Å²) in [5.41, 5.74) is 7.23. The quantitative estimate of drug-likeness (QED) is 0.222. The molecule has 0 amide bonds. The van der Waals surface area contributed by atoms with Gasteiger partial charge in [0.2, 0.25) is 0 Å². The van der Waals surface area contributed by atoms with Crippen LogP contribution in [0.3, 0.4) is 0 Å². The molecule has 2 heteroatoms. The summed E-state index contributed by atoms with van der Waals surface area (Å²) in [6.45, 7) is 4.23. The lowest BCUT2D eigenvalue weighted by molar-refractivity contribution is 1.46. The summed E-state index contributed by atoms with van der Waals surface area (Å²) in [5, 5.41) is 2.69. The van der Waals surface area contributed by atoms with Crippen molar-refractivity contribution >= 4 is 52.2 Å². The molecule has 0 saturated heterocycles. The molecule has 0 N–H and O–H groups in total. The molecular formula is C30H20S2. The van der Waals surface area contributed by atoms with Gasteiger partial charge in [-0.25, -0.2) is 0 Å². The highest BCUT2D eigenvalue weighted by Crippen LogP contribution is 2.45. The zero-order valence-electron chi connectivity index (χ0n) is 17.9. The summed E-state index contributed by atoms with van der Waals surface area (Å²) in [4.78, 5) is 0. The first-order valence-electron chi connectivity index (χ1n) is 10.7. The number of benzene rings is 4. The smallest absolute Gasteiger partial charge is 0.0542 e. The molecule has 0 saturated carbocycles. The Bertz CT molecular complexity index is 1670. The number of hydrogen-bond acceptors (Lipinski definition) is 2. The van der Waals surface area contributed by atoms with E-state index in [9.17, 15) is 0 Å². The van der Waals surface area contributed by atoms with Crippen LogP contribution in [0.5, 0.6) is 0 Å². The van der Waals surface area contributed by atoms with Crippen molar-refractivity contribution in [1.29, 1.82) is 0 Å². The van der Waals surface area contributed by atoms with Gasteiger partial charge in [-0.1, -0.05) is 77.6 Å². The standard InChI is InChI=1S/C30H20S2/c1-19-3-7-21(8-4-19)9-10-22-11-15-25-27(17-22)31-30-26-16-14-24(18-28(26)32-29(25)30)23-12-5-20(2)6-13-23/h3-8,11-18H,1-2H3. The lowest BCUT2D eigenvalue weighted by Gasteiger charge is -2.02. The van der Waals surface area contributed by atoms with Gasteiger partial charge in [-0.15, -0.1) is 22.7 Å². The predicted octanol–water partition coefficient (Wildman–Crippen LogP) is 8.95. The predicted molar refractivity (Wildman–Crippen MR) is 142 cm³/mol. The first-order valence-corrected chi connectivity index (χ1v) is 12.3. The van der Waals surface area contributed by atoms with E-state index in [4.69, 9.17) is 0 Å². The van der Waals surface area contributed by atoms with E-state index in [1.165, 1.54) is 51.8 Å². The molecule has 2 aromatic heterocycles. The molecule has 4 aromatic carbocycles. The van der Waals surface area contributed by atoms with E-state index in [0.717, 1.165) is 11.1 Å². The minimum Gasteiger partial charge on any atom is -0.134 e. The van der Waals surface area contributed by atoms with Crippen LogP contribution in [-0.2, 0) is 0 Å². The van der Waals surface area contributed by atoms with Gasteiger partial charge >= 0.3 is 0 Å². The number of hydrogen-bond donors (Lipinski definition) is 0. The van der Waals surface area contributed by atoms with Gasteiger partial charge in [-0.05, 0) is 55.3 Å². The molecule has 0 aliphatic heterocycles. The fourth-order valence-electron chi connectivity index (χ4n) is 4.04. The highest BCUT2D eigenvalue weighted by molar-refractivity contribution is 7.36. The third-order valence-electron chi connectivity index (χ3n) is 5.87. The van der Waals surface area contributed by atoms with Crippen molar-refractivity contribution in [3.63, 3.8) is 0 Å². The Hall–Kier alpha value is -3.38. The van der Waals surface area contributed by atoms with Gasteiger partial charge < -0.3 is 0 Å². The van der Waals surface area contributed by atoms with Crippen LogP contribution in [-0.4, -0.2) is 0 Å². The van der Waals surface area contributed by atoms with Crippen molar-refractivity contribution in [2.45, 2.75) is 13.8 Å². The molecule has 6 rings (SSSR count). The van der Waals surface area contributed by atoms with Gasteiger partial charge in [0.1, 0.15) is 0 Å². The largest absolute Gasteiger partial charge is 0.134 e. The Morgan fingerprint density at radius 3 is 1.69 bits per heavy atom. The van der Waals surface area contributed by atoms with Crippen molar-refractivity contribution < 1.29 is 0 Å². The molecule has 0 aliphatic rings. The molecule has 0 nitrogen and oxygen atoms in total. The maximum absolute atomic E-state index is 3.34. The first kappa shape index (κ1) is 19.3. The van der Waals surface area contributed by atoms with E-state index in [0.29, 0.717) is 0 Å². The molecule has 0 fully saturated rings. The van der Waals surface area contributed by atoms with Crippen molar-refractivity contribution in [1.82, 2.24) is 0 Å². The highest BCUT2D eigenvalue weighted by Gasteiger charge is 2.13. The van der Waals surface area contributed by atoms with Crippen LogP contribution in [0.1, 0.15) is 22.3 Å². The summed E-state index contributed by atoms with van der Waals surface area (Å²) in [5.74, 6) is 6.63. The maximum atomic E-state index is 3.34. The van der Waals surface area contributed by atoms with E-state index < -0.39 is 0 Å². The second-order valence-corrected chi connectivity index (χ2v) is 10.4. The molecule has 0 radical (unpaired) electrons. The van der Waals surface area contributed by atoms with Crippen molar-refractivity contribution in [2.24, 2.45) is 0 Å². The molecule has 0 aliphatic carbocycles. The summed E-state index contributed by atoms with van der Waals surface area (Å²) in [7, 11) is 0. The number of aryl methyl sites for hydroxylation is 2. The second kappa shape index (κ2) is 7.64. The van der Waals surface area contributed by atoms with Crippen LogP contribution in [0, 0.1) is 25.7 Å². The van der Waals surface area contributed by atoms with Gasteiger partial charge in [-0.3, -0.25) is 0 Å². The van der Waals surface area contributed by atoms with Crippen LogP contribution in [0.25, 0.3) is 40.7 Å². The summed E-state index contributed by atoms with van der Waals surface area (Å²) < 4.78 is 5.44. The SMILES string of the molecule is Cc1ccc(C#Cc2ccc3c(c2)sc2c4ccc(-c5ccc(C)cc5)cc4sc32)cc1. The monoisotopic (exact) mass is 444 g/mol. The molecular weight excluding hydrogens is 424 g/mol. The summed E-state index contributed by atoms with van der Waals surface area (Å²) >= 11 is 3.78. The van der Waals surface area contributed by atoms with Gasteiger partial charge in [0.25, 0.3) is 0 Å². The van der Waals surface area contributed by atoms with Gasteiger partial charge in [0, 0.05) is 31.3 Å². The Morgan fingerprint density at radius 1 is 0.500 bits per heavy atom. The van der Waals surface area contributed by atoms with Crippen LogP contribution >= 0.6 is 22.7 Å². The minimum atomic E-state index is 1.05. The van der Waals surface area contributed by atoms with Crippen molar-refractivity contribution in [3.8, 4) is 23.0 Å². The van der Waals surface area contributed by atoms with Gasteiger partial charge in [0.15, 0.2) is 0 Å². The number of thiophene rings is 2. The van der Waals surface area contributed by atoms with Gasteiger partial charge in [0.05, 0.1) is 9.40 Å². The topological polar surface area (TPSA) is 0 Å². The van der Waals surface area contributed by atoms with Crippen molar-refractivity contribution in [3.05, 3.63) is 107 Å². The van der Waals surface area contributed by atoms with Crippen LogP contribution in [0.4, 0.5) is 0 Å². The Kier molecular flexibility index (Phi) is 4.61. The third kappa shape index (κ3) is 3.41. The molecule has 0 unspecified atom stereocenters. The molecule has 0 atom stereocenters. The van der Waals surface area contributed by atoms with Crippen LogP contribution in [0.15, 0.2) is 84.9 Å². The maximum Gasteiger partial charge on any atom is 0.0542 e. The normalized spacial score (nSPS) is 11.2. The molecule has 0 bridgehead atoms. The van der Waals surface area contributed by atoms with Crippen LogP contribution in [0.2, 0.25) is 0 Å². The lowest BCUT2D eigenvalue weighted by Crippen LogP contribution is -1.78. The summed E-state index contributed by atoms with van der Waals surface area (Å²) in [6.07, 6.45) is 0. The molecule has 32 heavy (non-hydrogen) atoms. The average Bonchev–Trinajstić information content (AvgIpc) is 3.34. The average molecular weight is 445 g/mol. The zero-order valence-corrected chi connectivity index (χ0v) is 19.5. The van der Waals surface area contributed by atoms with E-state index in [1.807, 2.05) is 22.7 Å². The second-order valence-electron chi connectivity index (χ2n) is 8.27. The number of rotatable bonds is 1. The Balaban J connectivity index is 1.41. The molecule has 2 heterocycles. The minimum absolute atomic E-state index is 1.05. The lowest BCUT2D eigenvalue weighted by atomic mass is 10.0. The Morgan fingerprint density at radius 2 is 1.00 bits per heavy atom. The van der Waals surface area contributed by atoms with Crippen LogP contribution < -0.4 is 0 Å². The molecule has 6 aromatic rings. The third-order valence-corrected chi connectivity index (χ3v) is 8.37. The highest BCUT2D eigenvalue weighted by atomic mass is 32.1.